The number of hydrogen-bond acceptors (Lipinski definition) is 6. The number of carbonyl (C=O) groups excluding carboxylic acids is 1. The van der Waals surface area contributed by atoms with E-state index in [1.54, 1.807) is 0 Å². The fraction of sp³-hybridized carbons (Fsp3) is 0.333. The maximum atomic E-state index is 14.7. The number of nitrogens with two attached hydrogens (primary N) is 1. The van der Waals surface area contributed by atoms with Gasteiger partial charge in [-0.1, -0.05) is 0 Å². The van der Waals surface area contributed by atoms with Crippen LogP contribution >= 0.6 is 0 Å². The summed E-state index contributed by atoms with van der Waals surface area (Å²) in [5.41, 5.74) is 1.71. The molecule has 0 bridgehead atoms. The molecule has 0 saturated carbocycles. The second-order valence-corrected chi connectivity index (χ2v) is 6.65. The number of rotatable bonds is 4. The fourth-order valence-corrected chi connectivity index (χ4v) is 2.82. The summed E-state index contributed by atoms with van der Waals surface area (Å²) in [4.78, 5) is 23.0. The molecule has 2 aromatic rings. The number of alkyl halides is 4. The molecule has 7 nitrogen and oxygen atoms in total. The second kappa shape index (κ2) is 7.94. The molecule has 0 saturated heterocycles. The average molecular weight is 429 g/mol. The Morgan fingerprint density at radius 2 is 2.00 bits per heavy atom. The third-order valence-electron chi connectivity index (χ3n) is 4.49. The molecule has 2 heterocycles. The molecular weight excluding hydrogens is 413 g/mol. The van der Waals surface area contributed by atoms with Crippen LogP contribution in [-0.2, 0) is 10.3 Å². The lowest BCUT2D eigenvalue weighted by Gasteiger charge is -2.33. The molecular formula is C18H16F5N5O2. The van der Waals surface area contributed by atoms with E-state index in [1.165, 1.54) is 0 Å². The first-order valence-electron chi connectivity index (χ1n) is 8.55. The number of nitrogens with one attached hydrogen (secondary N) is 1. The zero-order chi connectivity index (χ0) is 22.1. The third-order valence-corrected chi connectivity index (χ3v) is 4.49. The molecule has 0 fully saturated rings. The number of benzene rings is 1. The van der Waals surface area contributed by atoms with E-state index in [4.69, 9.17) is 10.5 Å². The summed E-state index contributed by atoms with van der Waals surface area (Å²) in [5.74, 6) is -5.69. The van der Waals surface area contributed by atoms with Gasteiger partial charge in [-0.3, -0.25) is 14.8 Å². The first-order chi connectivity index (χ1) is 14.0. The van der Waals surface area contributed by atoms with Gasteiger partial charge in [0.1, 0.15) is 36.3 Å². The van der Waals surface area contributed by atoms with Gasteiger partial charge in [0.25, 0.3) is 18.3 Å². The quantitative estimate of drug-likeness (QED) is 0.728. The molecule has 160 valence electrons. The number of amides is 1. The molecule has 1 amide bonds. The molecule has 1 aliphatic rings. The lowest BCUT2D eigenvalue weighted by Crippen LogP contribution is -2.45. The number of halogens is 5. The van der Waals surface area contributed by atoms with Gasteiger partial charge >= 0.3 is 0 Å². The summed E-state index contributed by atoms with van der Waals surface area (Å²) < 4.78 is 73.7. The van der Waals surface area contributed by atoms with Gasteiger partial charge in [-0.2, -0.15) is 0 Å². The first kappa shape index (κ1) is 21.6. The minimum absolute atomic E-state index is 0.0490. The Bertz CT molecular complexity index is 983. The highest BCUT2D eigenvalue weighted by molar-refractivity contribution is 6.02. The van der Waals surface area contributed by atoms with Crippen molar-refractivity contribution in [3.05, 3.63) is 53.4 Å². The lowest BCUT2D eigenvalue weighted by atomic mass is 9.85. The van der Waals surface area contributed by atoms with E-state index in [0.29, 0.717) is 0 Å². The van der Waals surface area contributed by atoms with E-state index in [0.717, 1.165) is 37.5 Å². The monoisotopic (exact) mass is 429 g/mol. The molecule has 1 aromatic carbocycles. The summed E-state index contributed by atoms with van der Waals surface area (Å²) in [7, 11) is 0. The van der Waals surface area contributed by atoms with Crippen molar-refractivity contribution in [2.24, 2.45) is 10.7 Å². The van der Waals surface area contributed by atoms with Crippen molar-refractivity contribution >= 4 is 17.4 Å². The van der Waals surface area contributed by atoms with E-state index in [1.807, 2.05) is 0 Å². The predicted molar refractivity (Wildman–Crippen MR) is 96.1 cm³/mol. The zero-order valence-electron chi connectivity index (χ0n) is 15.5. The Kier molecular flexibility index (Phi) is 5.70. The van der Waals surface area contributed by atoms with Gasteiger partial charge in [-0.05, 0) is 25.1 Å². The fourth-order valence-electron chi connectivity index (χ4n) is 2.82. The van der Waals surface area contributed by atoms with Crippen molar-refractivity contribution < 1.29 is 31.5 Å². The molecule has 1 aromatic heterocycles. The van der Waals surface area contributed by atoms with Gasteiger partial charge in [-0.15, -0.1) is 0 Å². The maximum Gasteiger partial charge on any atom is 0.299 e. The van der Waals surface area contributed by atoms with Crippen molar-refractivity contribution in [1.29, 1.82) is 0 Å². The summed E-state index contributed by atoms with van der Waals surface area (Å²) in [6.07, 6.45) is -1.28. The van der Waals surface area contributed by atoms with Gasteiger partial charge in [0.15, 0.2) is 5.54 Å². The van der Waals surface area contributed by atoms with Crippen molar-refractivity contribution in [1.82, 2.24) is 9.97 Å². The van der Waals surface area contributed by atoms with Crippen LogP contribution in [0, 0.1) is 5.82 Å². The predicted octanol–water partition coefficient (Wildman–Crippen LogP) is 3.04. The largest absolute Gasteiger partial charge is 0.385 e. The Morgan fingerprint density at radius 3 is 2.63 bits per heavy atom. The van der Waals surface area contributed by atoms with Gasteiger partial charge in [0.2, 0.25) is 0 Å². The molecule has 12 heteroatoms. The van der Waals surface area contributed by atoms with Crippen LogP contribution in [0.3, 0.4) is 0 Å². The Balaban J connectivity index is 1.93. The number of anilines is 1. The van der Waals surface area contributed by atoms with Gasteiger partial charge < -0.3 is 15.8 Å². The molecule has 0 radical (unpaired) electrons. The van der Waals surface area contributed by atoms with Crippen LogP contribution in [0.5, 0.6) is 0 Å². The maximum absolute atomic E-state index is 14.7. The molecule has 1 atom stereocenters. The van der Waals surface area contributed by atoms with Crippen molar-refractivity contribution in [3.8, 4) is 0 Å². The Morgan fingerprint density at radius 1 is 1.27 bits per heavy atom. The van der Waals surface area contributed by atoms with E-state index >= 15 is 0 Å². The summed E-state index contributed by atoms with van der Waals surface area (Å²) >= 11 is 0. The standard InChI is InChI=1S/C18H16F5N5O2/c1-17(18(22,23)8-30-7-14(24)28-17)10-4-9(2-3-11(10)19)27-16(29)13-6-25-12(5-26-13)15(20)21/h2-6,15H,7-8H2,1H3,(H2,24,28)(H,27,29)/t17-/m1/s1. The zero-order valence-corrected chi connectivity index (χ0v) is 15.5. The number of aliphatic imine (C=N–C) groups is 1. The van der Waals surface area contributed by atoms with Gasteiger partial charge in [0, 0.05) is 11.3 Å². The molecule has 30 heavy (non-hydrogen) atoms. The molecule has 0 spiro atoms. The van der Waals surface area contributed by atoms with Crippen LogP contribution in [0.1, 0.15) is 35.1 Å². The number of carbonyl (C=O) groups is 1. The number of hydrogen-bond donors (Lipinski definition) is 2. The number of nitrogens with zero attached hydrogens (tertiary/aromatic N) is 3. The van der Waals surface area contributed by atoms with E-state index in [2.05, 4.69) is 20.3 Å². The number of aromatic nitrogens is 2. The highest BCUT2D eigenvalue weighted by atomic mass is 19.3. The minimum atomic E-state index is -3.60. The van der Waals surface area contributed by atoms with Crippen molar-refractivity contribution in [2.45, 2.75) is 24.8 Å². The summed E-state index contributed by atoms with van der Waals surface area (Å²) in [6, 6.07) is 3.01. The van der Waals surface area contributed by atoms with Crippen molar-refractivity contribution in [2.75, 3.05) is 18.5 Å². The normalized spacial score (nSPS) is 21.1. The third kappa shape index (κ3) is 4.08. The number of amidine groups is 1. The molecule has 1 aliphatic heterocycles. The van der Waals surface area contributed by atoms with Crippen LogP contribution in [0.4, 0.5) is 27.6 Å². The van der Waals surface area contributed by atoms with E-state index < -0.39 is 47.5 Å². The molecule has 0 unspecified atom stereocenters. The molecule has 3 rings (SSSR count). The molecule has 0 aliphatic carbocycles. The van der Waals surface area contributed by atoms with Crippen LogP contribution in [0.15, 0.2) is 35.6 Å². The smallest absolute Gasteiger partial charge is 0.299 e. The van der Waals surface area contributed by atoms with Crippen LogP contribution < -0.4 is 11.1 Å². The highest BCUT2D eigenvalue weighted by Gasteiger charge is 2.54. The minimum Gasteiger partial charge on any atom is -0.385 e. The van der Waals surface area contributed by atoms with E-state index in [-0.39, 0.29) is 23.8 Å². The SMILES string of the molecule is C[C@]1(c2cc(NC(=O)c3cnc(C(F)F)cn3)ccc2F)N=C(N)COCC1(F)F. The van der Waals surface area contributed by atoms with Crippen LogP contribution in [0.25, 0.3) is 0 Å². The van der Waals surface area contributed by atoms with Gasteiger partial charge in [0.05, 0.1) is 12.4 Å². The summed E-state index contributed by atoms with van der Waals surface area (Å²) in [5, 5.41) is 2.33. The number of ether oxygens (including phenoxy) is 1. The van der Waals surface area contributed by atoms with E-state index in [9.17, 15) is 26.7 Å². The second-order valence-electron chi connectivity index (χ2n) is 6.65. The van der Waals surface area contributed by atoms with Gasteiger partial charge in [-0.25, -0.2) is 26.9 Å². The van der Waals surface area contributed by atoms with Crippen molar-refractivity contribution in [3.63, 3.8) is 0 Å². The first-order valence-corrected chi connectivity index (χ1v) is 8.55. The molecule has 3 N–H and O–H groups in total. The Hall–Kier alpha value is -3.15. The van der Waals surface area contributed by atoms with Crippen LogP contribution in [-0.4, -0.2) is 40.8 Å². The lowest BCUT2D eigenvalue weighted by molar-refractivity contribution is -0.116. The topological polar surface area (TPSA) is 102 Å². The summed E-state index contributed by atoms with van der Waals surface area (Å²) in [6.45, 7) is -0.362. The highest BCUT2D eigenvalue weighted by Crippen LogP contribution is 2.44. The Labute approximate surface area is 167 Å². The van der Waals surface area contributed by atoms with Crippen LogP contribution in [0.2, 0.25) is 0 Å². The average Bonchev–Trinajstić information content (AvgIpc) is 2.78.